The molecule has 1 amide bonds. The number of ether oxygens (including phenoxy) is 3. The molecule has 0 atom stereocenters. The third kappa shape index (κ3) is 6.21. The van der Waals surface area contributed by atoms with E-state index in [1.807, 2.05) is 20.8 Å². The van der Waals surface area contributed by atoms with Gasteiger partial charge in [0.2, 0.25) is 0 Å². The first-order valence-electron chi connectivity index (χ1n) is 15.6. The molecule has 4 heterocycles. The number of likely N-dealkylation sites (tertiary alicyclic amines) is 1. The molecule has 1 aromatic heterocycles. The van der Waals surface area contributed by atoms with Crippen LogP contribution >= 0.6 is 0 Å². The van der Waals surface area contributed by atoms with E-state index in [1.165, 1.54) is 24.5 Å². The van der Waals surface area contributed by atoms with E-state index in [-0.39, 0.29) is 28.7 Å². The van der Waals surface area contributed by atoms with Crippen LogP contribution in [0.2, 0.25) is 0 Å². The summed E-state index contributed by atoms with van der Waals surface area (Å²) < 4.78 is 47.8. The maximum atomic E-state index is 15.8. The van der Waals surface area contributed by atoms with Gasteiger partial charge in [0.25, 0.3) is 5.91 Å². The number of nitrogens with zero attached hydrogens (tertiary/aromatic N) is 5. The molecule has 1 aliphatic carbocycles. The Bertz CT molecular complexity index is 1290. The predicted octanol–water partition coefficient (Wildman–Crippen LogP) is 5.21. The topological polar surface area (TPSA) is 80.3 Å². The first kappa shape index (κ1) is 30.1. The number of halogens is 2. The number of rotatable bonds is 8. The second kappa shape index (κ2) is 11.9. The van der Waals surface area contributed by atoms with E-state index < -0.39 is 17.3 Å². The van der Waals surface area contributed by atoms with Crippen LogP contribution in [0.3, 0.4) is 0 Å². The molecule has 1 aromatic carbocycles. The number of benzene rings is 1. The molecule has 4 aliphatic rings. The van der Waals surface area contributed by atoms with Crippen LogP contribution in [0.25, 0.3) is 0 Å². The Morgan fingerprint density at radius 3 is 2.42 bits per heavy atom. The van der Waals surface area contributed by atoms with Crippen LogP contribution in [0.5, 0.6) is 11.5 Å². The zero-order valence-electron chi connectivity index (χ0n) is 25.5. The van der Waals surface area contributed by atoms with E-state index >= 15 is 4.39 Å². The van der Waals surface area contributed by atoms with Gasteiger partial charge in [-0.05, 0) is 77.7 Å². The molecule has 11 heteroatoms. The van der Waals surface area contributed by atoms with Gasteiger partial charge in [0, 0.05) is 50.5 Å². The lowest BCUT2D eigenvalue weighted by atomic mass is 9.71. The van der Waals surface area contributed by atoms with Gasteiger partial charge in [-0.25, -0.2) is 18.7 Å². The van der Waals surface area contributed by atoms with E-state index in [0.717, 1.165) is 39.0 Å². The number of aromatic nitrogens is 2. The van der Waals surface area contributed by atoms with E-state index in [0.29, 0.717) is 63.6 Å². The monoisotopic (exact) mass is 599 g/mol. The lowest BCUT2D eigenvalue weighted by Gasteiger charge is -2.55. The Balaban J connectivity index is 1.07. The van der Waals surface area contributed by atoms with Crippen LogP contribution in [0.15, 0.2) is 30.7 Å². The summed E-state index contributed by atoms with van der Waals surface area (Å²) in [6.07, 6.45) is 7.28. The molecule has 4 fully saturated rings. The fourth-order valence-corrected chi connectivity index (χ4v) is 7.23. The lowest BCUT2D eigenvalue weighted by Crippen LogP contribution is -2.61. The standard InChI is InChI=1S/C32H43F2N5O4/c1-4-39(23(2)3)29(40)25-17-24(33)5-6-26(25)43-27-18-35-22-36-28(27)38-19-30(20-38)11-13-37(14-12-30)21-31(34)7-9-32(10-8-31)41-15-16-42-32/h5-6,17-18,22-23H,4,7-16,19-21H2,1-3H3. The highest BCUT2D eigenvalue weighted by Crippen LogP contribution is 2.47. The van der Waals surface area contributed by atoms with Gasteiger partial charge in [-0.1, -0.05) is 0 Å². The normalized spacial score (nSPS) is 22.6. The fraction of sp³-hybridized carbons (Fsp3) is 0.656. The van der Waals surface area contributed by atoms with Crippen LogP contribution in [0.4, 0.5) is 14.6 Å². The van der Waals surface area contributed by atoms with Crippen molar-refractivity contribution < 1.29 is 27.8 Å². The number of hydrogen-bond acceptors (Lipinski definition) is 8. The number of hydrogen-bond donors (Lipinski definition) is 0. The molecule has 1 saturated carbocycles. The van der Waals surface area contributed by atoms with Gasteiger partial charge in [0.15, 0.2) is 17.4 Å². The Labute approximate surface area is 252 Å². The summed E-state index contributed by atoms with van der Waals surface area (Å²) >= 11 is 0. The average Bonchev–Trinajstić information content (AvgIpc) is 3.44. The number of amides is 1. The summed E-state index contributed by atoms with van der Waals surface area (Å²) in [5.41, 5.74) is -0.867. The number of anilines is 1. The summed E-state index contributed by atoms with van der Waals surface area (Å²) in [7, 11) is 0. The van der Waals surface area contributed by atoms with Crippen molar-refractivity contribution in [1.29, 1.82) is 0 Å². The van der Waals surface area contributed by atoms with Gasteiger partial charge in [0.05, 0.1) is 25.0 Å². The molecular formula is C32H43F2N5O4. The van der Waals surface area contributed by atoms with Gasteiger partial charge >= 0.3 is 0 Å². The van der Waals surface area contributed by atoms with Crippen LogP contribution in [-0.4, -0.2) is 95.7 Å². The van der Waals surface area contributed by atoms with Crippen LogP contribution in [0, 0.1) is 11.2 Å². The van der Waals surface area contributed by atoms with Crippen molar-refractivity contribution >= 4 is 11.7 Å². The maximum Gasteiger partial charge on any atom is 0.257 e. The Hall–Kier alpha value is -2.89. The highest BCUT2D eigenvalue weighted by molar-refractivity contribution is 5.97. The molecule has 9 nitrogen and oxygen atoms in total. The summed E-state index contributed by atoms with van der Waals surface area (Å²) in [6.45, 7) is 11.3. The van der Waals surface area contributed by atoms with Crippen molar-refractivity contribution in [2.45, 2.75) is 76.8 Å². The van der Waals surface area contributed by atoms with Crippen LogP contribution in [-0.2, 0) is 9.47 Å². The number of alkyl halides is 1. The second-order valence-electron chi connectivity index (χ2n) is 13.0. The molecule has 3 aliphatic heterocycles. The smallest absolute Gasteiger partial charge is 0.257 e. The van der Waals surface area contributed by atoms with Crippen molar-refractivity contribution in [3.8, 4) is 11.5 Å². The molecule has 2 spiro atoms. The number of carbonyl (C=O) groups is 1. The average molecular weight is 600 g/mol. The first-order valence-corrected chi connectivity index (χ1v) is 15.6. The summed E-state index contributed by atoms with van der Waals surface area (Å²) in [5, 5.41) is 0. The fourth-order valence-electron chi connectivity index (χ4n) is 7.23. The highest BCUT2D eigenvalue weighted by atomic mass is 19.1. The van der Waals surface area contributed by atoms with Crippen LogP contribution in [0.1, 0.15) is 69.7 Å². The minimum Gasteiger partial charge on any atom is -0.451 e. The van der Waals surface area contributed by atoms with Crippen molar-refractivity contribution in [3.63, 3.8) is 0 Å². The molecule has 43 heavy (non-hydrogen) atoms. The number of piperidine rings is 1. The molecule has 0 N–H and O–H groups in total. The molecule has 2 aromatic rings. The molecule has 234 valence electrons. The van der Waals surface area contributed by atoms with Crippen molar-refractivity contribution in [1.82, 2.24) is 19.8 Å². The second-order valence-corrected chi connectivity index (χ2v) is 13.0. The largest absolute Gasteiger partial charge is 0.451 e. The summed E-state index contributed by atoms with van der Waals surface area (Å²) in [5.74, 6) is 0.00925. The Morgan fingerprint density at radius 2 is 1.77 bits per heavy atom. The molecule has 0 radical (unpaired) electrons. The van der Waals surface area contributed by atoms with E-state index in [4.69, 9.17) is 14.2 Å². The molecule has 3 saturated heterocycles. The Morgan fingerprint density at radius 1 is 1.07 bits per heavy atom. The zero-order valence-corrected chi connectivity index (χ0v) is 25.5. The Kier molecular flexibility index (Phi) is 8.34. The van der Waals surface area contributed by atoms with E-state index in [2.05, 4.69) is 19.8 Å². The quantitative estimate of drug-likeness (QED) is 0.410. The first-order chi connectivity index (χ1) is 20.6. The lowest BCUT2D eigenvalue weighted by molar-refractivity contribution is -0.195. The highest BCUT2D eigenvalue weighted by Gasteiger charge is 2.50. The van der Waals surface area contributed by atoms with Crippen molar-refractivity contribution in [3.05, 3.63) is 42.1 Å². The SMILES string of the molecule is CCN(C(=O)c1cc(F)ccc1Oc1cncnc1N1CC2(CCN(CC3(F)CCC4(CC3)OCCO4)CC2)C1)C(C)C. The van der Waals surface area contributed by atoms with Gasteiger partial charge in [-0.3, -0.25) is 4.79 Å². The summed E-state index contributed by atoms with van der Waals surface area (Å²) in [4.78, 5) is 28.1. The minimum absolute atomic E-state index is 0.0423. The molecule has 0 unspecified atom stereocenters. The number of carbonyl (C=O) groups excluding carboxylic acids is 1. The van der Waals surface area contributed by atoms with Crippen molar-refractivity contribution in [2.75, 3.05) is 57.4 Å². The zero-order chi connectivity index (χ0) is 30.2. The van der Waals surface area contributed by atoms with Crippen molar-refractivity contribution in [2.24, 2.45) is 5.41 Å². The molecule has 6 rings (SSSR count). The van der Waals surface area contributed by atoms with Gasteiger partial charge in [-0.15, -0.1) is 0 Å². The summed E-state index contributed by atoms with van der Waals surface area (Å²) in [6, 6.07) is 3.95. The maximum absolute atomic E-state index is 15.8. The van der Waals surface area contributed by atoms with Gasteiger partial charge < -0.3 is 28.9 Å². The van der Waals surface area contributed by atoms with E-state index in [1.54, 1.807) is 11.1 Å². The predicted molar refractivity (Wildman–Crippen MR) is 158 cm³/mol. The van der Waals surface area contributed by atoms with Crippen LogP contribution < -0.4 is 9.64 Å². The van der Waals surface area contributed by atoms with E-state index in [9.17, 15) is 9.18 Å². The third-order valence-electron chi connectivity index (χ3n) is 9.77. The minimum atomic E-state index is -1.19. The van der Waals surface area contributed by atoms with Gasteiger partial charge in [-0.2, -0.15) is 0 Å². The molecular weight excluding hydrogens is 556 g/mol. The van der Waals surface area contributed by atoms with Gasteiger partial charge in [0.1, 0.15) is 23.6 Å². The third-order valence-corrected chi connectivity index (χ3v) is 9.77. The molecule has 0 bridgehead atoms.